The number of nitrogens with zero attached hydrogens (tertiary/aromatic N) is 2. The van der Waals surface area contributed by atoms with E-state index in [4.69, 9.17) is 0 Å². The van der Waals surface area contributed by atoms with E-state index in [9.17, 15) is 9.59 Å². The first-order valence-electron chi connectivity index (χ1n) is 7.81. The molecular formula is C17H24N2O2. The van der Waals surface area contributed by atoms with Gasteiger partial charge in [0.1, 0.15) is 0 Å². The summed E-state index contributed by atoms with van der Waals surface area (Å²) in [6.45, 7) is 6.56. The number of carbonyl (C=O) groups is 2. The van der Waals surface area contributed by atoms with E-state index in [-0.39, 0.29) is 11.8 Å². The lowest BCUT2D eigenvalue weighted by atomic mass is 10.1. The second-order valence-electron chi connectivity index (χ2n) is 5.47. The summed E-state index contributed by atoms with van der Waals surface area (Å²) in [5.41, 5.74) is 2.01. The second-order valence-corrected chi connectivity index (χ2v) is 5.47. The minimum atomic E-state index is 0.0710. The number of carbonyl (C=O) groups excluding carboxylic acids is 2. The van der Waals surface area contributed by atoms with E-state index in [1.807, 2.05) is 41.0 Å². The summed E-state index contributed by atoms with van der Waals surface area (Å²) in [7, 11) is 0. The van der Waals surface area contributed by atoms with Crippen LogP contribution in [0.25, 0.3) is 0 Å². The normalized spacial score (nSPS) is 15.1. The highest BCUT2D eigenvalue weighted by Gasteiger charge is 2.23. The third kappa shape index (κ3) is 3.84. The predicted molar refractivity (Wildman–Crippen MR) is 83.2 cm³/mol. The Morgan fingerprint density at radius 3 is 2.05 bits per heavy atom. The van der Waals surface area contributed by atoms with Crippen molar-refractivity contribution in [2.24, 2.45) is 0 Å². The largest absolute Gasteiger partial charge is 0.339 e. The number of amides is 2. The van der Waals surface area contributed by atoms with Gasteiger partial charge in [-0.25, -0.2) is 0 Å². The maximum atomic E-state index is 12.4. The van der Waals surface area contributed by atoms with E-state index in [0.29, 0.717) is 32.6 Å². The molecule has 0 aliphatic carbocycles. The molecule has 0 aromatic heterocycles. The minimum absolute atomic E-state index is 0.0710. The Bertz CT molecular complexity index is 488. The van der Waals surface area contributed by atoms with Crippen LogP contribution in [-0.4, -0.2) is 47.8 Å². The van der Waals surface area contributed by atoms with Crippen LogP contribution in [0, 0.1) is 0 Å². The monoisotopic (exact) mass is 288 g/mol. The molecule has 4 nitrogen and oxygen atoms in total. The highest BCUT2D eigenvalue weighted by atomic mass is 16.2. The van der Waals surface area contributed by atoms with Crippen LogP contribution in [0.5, 0.6) is 0 Å². The van der Waals surface area contributed by atoms with Gasteiger partial charge < -0.3 is 9.80 Å². The van der Waals surface area contributed by atoms with Crippen LogP contribution in [0.3, 0.4) is 0 Å². The summed E-state index contributed by atoms with van der Waals surface area (Å²) in [6.07, 6.45) is 2.69. The zero-order valence-electron chi connectivity index (χ0n) is 13.0. The SMILES string of the molecule is CCCc1ccc(C(=O)N2CCN(C(=O)CC)CC2)cc1. The zero-order chi connectivity index (χ0) is 15.2. The van der Waals surface area contributed by atoms with Gasteiger partial charge in [0.15, 0.2) is 0 Å². The molecule has 0 N–H and O–H groups in total. The Morgan fingerprint density at radius 2 is 1.52 bits per heavy atom. The molecule has 0 atom stereocenters. The summed E-state index contributed by atoms with van der Waals surface area (Å²) in [5, 5.41) is 0. The van der Waals surface area contributed by atoms with Gasteiger partial charge in [0.25, 0.3) is 5.91 Å². The van der Waals surface area contributed by atoms with Crippen molar-refractivity contribution in [2.45, 2.75) is 33.1 Å². The van der Waals surface area contributed by atoms with Crippen molar-refractivity contribution in [3.05, 3.63) is 35.4 Å². The smallest absolute Gasteiger partial charge is 0.253 e. The Morgan fingerprint density at radius 1 is 0.952 bits per heavy atom. The lowest BCUT2D eigenvalue weighted by Crippen LogP contribution is -2.50. The molecule has 1 aromatic rings. The lowest BCUT2D eigenvalue weighted by Gasteiger charge is -2.34. The maximum Gasteiger partial charge on any atom is 0.253 e. The number of rotatable bonds is 4. The molecule has 0 spiro atoms. The Labute approximate surface area is 126 Å². The van der Waals surface area contributed by atoms with Gasteiger partial charge in [-0.3, -0.25) is 9.59 Å². The second kappa shape index (κ2) is 7.25. The molecule has 1 saturated heterocycles. The fourth-order valence-electron chi connectivity index (χ4n) is 2.67. The van der Waals surface area contributed by atoms with Crippen molar-refractivity contribution < 1.29 is 9.59 Å². The number of hydrogen-bond acceptors (Lipinski definition) is 2. The van der Waals surface area contributed by atoms with Crippen LogP contribution in [0.15, 0.2) is 24.3 Å². The van der Waals surface area contributed by atoms with Crippen molar-refractivity contribution in [1.82, 2.24) is 9.80 Å². The highest BCUT2D eigenvalue weighted by molar-refractivity contribution is 5.94. The molecule has 0 radical (unpaired) electrons. The molecule has 1 aliphatic heterocycles. The van der Waals surface area contributed by atoms with E-state index in [1.165, 1.54) is 5.56 Å². The van der Waals surface area contributed by atoms with Gasteiger partial charge in [0, 0.05) is 38.2 Å². The standard InChI is InChI=1S/C17H24N2O2/c1-3-5-14-6-8-15(9-7-14)17(21)19-12-10-18(11-13-19)16(20)4-2/h6-9H,3-5,10-13H2,1-2H3. The number of piperazine rings is 1. The highest BCUT2D eigenvalue weighted by Crippen LogP contribution is 2.12. The van der Waals surface area contributed by atoms with Gasteiger partial charge >= 0.3 is 0 Å². The fraction of sp³-hybridized carbons (Fsp3) is 0.529. The van der Waals surface area contributed by atoms with E-state index in [1.54, 1.807) is 0 Å². The molecule has 0 unspecified atom stereocenters. The summed E-state index contributed by atoms with van der Waals surface area (Å²) in [6, 6.07) is 7.90. The molecule has 1 heterocycles. The molecular weight excluding hydrogens is 264 g/mol. The Kier molecular flexibility index (Phi) is 5.37. The number of aryl methyl sites for hydroxylation is 1. The first kappa shape index (κ1) is 15.5. The molecule has 114 valence electrons. The molecule has 1 aromatic carbocycles. The van der Waals surface area contributed by atoms with E-state index in [0.717, 1.165) is 18.4 Å². The summed E-state index contributed by atoms with van der Waals surface area (Å²) >= 11 is 0. The van der Waals surface area contributed by atoms with Gasteiger partial charge in [-0.05, 0) is 24.1 Å². The zero-order valence-corrected chi connectivity index (χ0v) is 13.0. The molecule has 2 amide bonds. The van der Waals surface area contributed by atoms with Crippen molar-refractivity contribution in [3.8, 4) is 0 Å². The molecule has 0 saturated carbocycles. The van der Waals surface area contributed by atoms with E-state index < -0.39 is 0 Å². The van der Waals surface area contributed by atoms with Crippen LogP contribution in [0.1, 0.15) is 42.6 Å². The van der Waals surface area contributed by atoms with Crippen molar-refractivity contribution in [2.75, 3.05) is 26.2 Å². The number of benzene rings is 1. The number of hydrogen-bond donors (Lipinski definition) is 0. The van der Waals surface area contributed by atoms with E-state index >= 15 is 0 Å². The predicted octanol–water partition coefficient (Wildman–Crippen LogP) is 2.33. The van der Waals surface area contributed by atoms with Crippen LogP contribution in [0.2, 0.25) is 0 Å². The average molecular weight is 288 g/mol. The molecule has 1 aliphatic rings. The van der Waals surface area contributed by atoms with Gasteiger partial charge in [0.05, 0.1) is 0 Å². The third-order valence-corrected chi connectivity index (χ3v) is 3.96. The van der Waals surface area contributed by atoms with Crippen molar-refractivity contribution >= 4 is 11.8 Å². The fourth-order valence-corrected chi connectivity index (χ4v) is 2.67. The molecule has 0 bridgehead atoms. The van der Waals surface area contributed by atoms with Gasteiger partial charge in [-0.2, -0.15) is 0 Å². The quantitative estimate of drug-likeness (QED) is 0.853. The van der Waals surface area contributed by atoms with Crippen LogP contribution in [-0.2, 0) is 11.2 Å². The minimum Gasteiger partial charge on any atom is -0.339 e. The Balaban J connectivity index is 1.93. The van der Waals surface area contributed by atoms with Crippen molar-refractivity contribution in [1.29, 1.82) is 0 Å². The first-order valence-corrected chi connectivity index (χ1v) is 7.81. The molecule has 1 fully saturated rings. The summed E-state index contributed by atoms with van der Waals surface area (Å²) in [4.78, 5) is 27.8. The average Bonchev–Trinajstić information content (AvgIpc) is 2.54. The molecule has 4 heteroatoms. The molecule has 2 rings (SSSR count). The van der Waals surface area contributed by atoms with Gasteiger partial charge in [-0.1, -0.05) is 32.4 Å². The topological polar surface area (TPSA) is 40.6 Å². The van der Waals surface area contributed by atoms with Crippen molar-refractivity contribution in [3.63, 3.8) is 0 Å². The van der Waals surface area contributed by atoms with Gasteiger partial charge in [0.2, 0.25) is 5.91 Å². The third-order valence-electron chi connectivity index (χ3n) is 3.96. The first-order chi connectivity index (χ1) is 10.2. The Hall–Kier alpha value is -1.84. The summed E-state index contributed by atoms with van der Waals surface area (Å²) < 4.78 is 0. The maximum absolute atomic E-state index is 12.4. The van der Waals surface area contributed by atoms with Crippen LogP contribution in [0.4, 0.5) is 0 Å². The van der Waals surface area contributed by atoms with Crippen LogP contribution < -0.4 is 0 Å². The molecule has 21 heavy (non-hydrogen) atoms. The van der Waals surface area contributed by atoms with Crippen LogP contribution >= 0.6 is 0 Å². The lowest BCUT2D eigenvalue weighted by molar-refractivity contribution is -0.132. The van der Waals surface area contributed by atoms with Gasteiger partial charge in [-0.15, -0.1) is 0 Å². The van der Waals surface area contributed by atoms with E-state index in [2.05, 4.69) is 6.92 Å². The summed E-state index contributed by atoms with van der Waals surface area (Å²) in [5.74, 6) is 0.243.